The molecule has 0 saturated carbocycles. The van der Waals surface area contributed by atoms with Gasteiger partial charge < -0.3 is 15.0 Å². The van der Waals surface area contributed by atoms with Crippen molar-refractivity contribution < 1.29 is 17.9 Å². The second kappa shape index (κ2) is 6.85. The minimum absolute atomic E-state index is 0.119. The highest BCUT2D eigenvalue weighted by molar-refractivity contribution is 8.00. The van der Waals surface area contributed by atoms with Crippen LogP contribution in [0.25, 0.3) is 0 Å². The van der Waals surface area contributed by atoms with E-state index < -0.39 is 5.51 Å². The van der Waals surface area contributed by atoms with E-state index in [0.29, 0.717) is 28.6 Å². The maximum absolute atomic E-state index is 12.8. The van der Waals surface area contributed by atoms with Crippen LogP contribution in [0, 0.1) is 0 Å². The van der Waals surface area contributed by atoms with Crippen molar-refractivity contribution in [1.29, 1.82) is 0 Å². The van der Waals surface area contributed by atoms with Crippen LogP contribution in [0.3, 0.4) is 0 Å². The molecule has 1 saturated heterocycles. The monoisotopic (exact) mass is 379 g/mol. The first-order valence-electron chi connectivity index (χ1n) is 8.21. The summed E-state index contributed by atoms with van der Waals surface area (Å²) < 4.78 is 44.4. The molecule has 0 aliphatic carbocycles. The molecule has 0 radical (unpaired) electrons. The molecule has 2 aromatic rings. The first-order chi connectivity index (χ1) is 12.5. The van der Waals surface area contributed by atoms with Crippen LogP contribution >= 0.6 is 11.8 Å². The van der Waals surface area contributed by atoms with Crippen molar-refractivity contribution in [3.05, 3.63) is 48.0 Å². The van der Waals surface area contributed by atoms with Crippen LogP contribution < -0.4 is 10.1 Å². The fourth-order valence-electron chi connectivity index (χ4n) is 3.02. The van der Waals surface area contributed by atoms with E-state index in [9.17, 15) is 13.2 Å². The minimum Gasteiger partial charge on any atom is -0.454 e. The number of fused-ring (bicyclic) bond motifs is 2. The number of nitrogens with one attached hydrogen (secondary N) is 1. The van der Waals surface area contributed by atoms with E-state index in [-0.39, 0.29) is 16.7 Å². The molecule has 0 bridgehead atoms. The van der Waals surface area contributed by atoms with Crippen molar-refractivity contribution in [3.63, 3.8) is 0 Å². The number of piperazine rings is 1. The molecule has 0 amide bonds. The largest absolute Gasteiger partial charge is 0.454 e. The van der Waals surface area contributed by atoms with E-state index >= 15 is 0 Å². The third kappa shape index (κ3) is 3.66. The normalized spacial score (nSPS) is 16.9. The zero-order valence-electron chi connectivity index (χ0n) is 13.7. The third-order valence-electron chi connectivity index (χ3n) is 4.15. The van der Waals surface area contributed by atoms with Gasteiger partial charge in [0, 0.05) is 31.1 Å². The van der Waals surface area contributed by atoms with Crippen LogP contribution in [0.4, 0.5) is 18.9 Å². The third-order valence-corrected chi connectivity index (χ3v) is 4.87. The van der Waals surface area contributed by atoms with Gasteiger partial charge in [-0.1, -0.05) is 12.1 Å². The molecule has 2 aliphatic heterocycles. The predicted octanol–water partition coefficient (Wildman–Crippen LogP) is 4.39. The first-order valence-corrected chi connectivity index (χ1v) is 9.03. The zero-order chi connectivity index (χ0) is 18.1. The zero-order valence-corrected chi connectivity index (χ0v) is 14.5. The number of nitrogens with zero attached hydrogens (tertiary/aromatic N) is 2. The van der Waals surface area contributed by atoms with Crippen molar-refractivity contribution in [1.82, 2.24) is 10.2 Å². The summed E-state index contributed by atoms with van der Waals surface area (Å²) >= 11 is -0.128. The van der Waals surface area contributed by atoms with Gasteiger partial charge in [0.05, 0.1) is 5.56 Å². The Morgan fingerprint density at radius 2 is 1.81 bits per heavy atom. The van der Waals surface area contributed by atoms with Gasteiger partial charge in [0.2, 0.25) is 0 Å². The van der Waals surface area contributed by atoms with E-state index in [0.717, 1.165) is 26.2 Å². The number of hydrogen-bond acceptors (Lipinski definition) is 5. The molecule has 2 aromatic carbocycles. The SMILES string of the molecule is FC(F)(F)Sc1ccc2c(c1)C(N1CCNCC1)=Nc1ccccc1O2. The number of alkyl halides is 3. The Kier molecular flexibility index (Phi) is 4.54. The summed E-state index contributed by atoms with van der Waals surface area (Å²) in [6, 6.07) is 11.9. The van der Waals surface area contributed by atoms with Crippen molar-refractivity contribution >= 4 is 23.3 Å². The summed E-state index contributed by atoms with van der Waals surface area (Å²) in [5, 5.41) is 3.27. The van der Waals surface area contributed by atoms with Gasteiger partial charge in [0.15, 0.2) is 5.75 Å². The summed E-state index contributed by atoms with van der Waals surface area (Å²) in [7, 11) is 0. The lowest BCUT2D eigenvalue weighted by atomic mass is 10.1. The average molecular weight is 379 g/mol. The van der Waals surface area contributed by atoms with Crippen molar-refractivity contribution in [2.75, 3.05) is 26.2 Å². The number of hydrogen-bond donors (Lipinski definition) is 1. The second-order valence-electron chi connectivity index (χ2n) is 5.95. The van der Waals surface area contributed by atoms with Crippen molar-refractivity contribution in [2.24, 2.45) is 4.99 Å². The van der Waals surface area contributed by atoms with Gasteiger partial charge >= 0.3 is 5.51 Å². The second-order valence-corrected chi connectivity index (χ2v) is 7.09. The maximum atomic E-state index is 12.8. The smallest absolute Gasteiger partial charge is 0.446 e. The molecule has 2 heterocycles. The van der Waals surface area contributed by atoms with Crippen molar-refractivity contribution in [3.8, 4) is 11.5 Å². The van der Waals surface area contributed by atoms with Crippen LogP contribution in [0.5, 0.6) is 11.5 Å². The van der Waals surface area contributed by atoms with E-state index in [1.54, 1.807) is 6.07 Å². The van der Waals surface area contributed by atoms with Crippen LogP contribution in [0.15, 0.2) is 52.4 Å². The lowest BCUT2D eigenvalue weighted by Crippen LogP contribution is -2.46. The van der Waals surface area contributed by atoms with Crippen LogP contribution in [0.2, 0.25) is 0 Å². The number of rotatable bonds is 1. The maximum Gasteiger partial charge on any atom is 0.446 e. The molecule has 26 heavy (non-hydrogen) atoms. The fourth-order valence-corrected chi connectivity index (χ4v) is 3.60. The van der Waals surface area contributed by atoms with Crippen LogP contribution in [0.1, 0.15) is 5.56 Å². The van der Waals surface area contributed by atoms with Crippen LogP contribution in [-0.2, 0) is 0 Å². The fraction of sp³-hybridized carbons (Fsp3) is 0.278. The number of halogens is 3. The Balaban J connectivity index is 1.82. The number of amidine groups is 1. The van der Waals surface area contributed by atoms with E-state index in [1.807, 2.05) is 24.3 Å². The summed E-state index contributed by atoms with van der Waals surface area (Å²) in [4.78, 5) is 6.95. The lowest BCUT2D eigenvalue weighted by Gasteiger charge is -2.30. The van der Waals surface area contributed by atoms with E-state index in [4.69, 9.17) is 9.73 Å². The molecule has 1 N–H and O–H groups in total. The van der Waals surface area contributed by atoms with Crippen LogP contribution in [-0.4, -0.2) is 42.4 Å². The molecule has 136 valence electrons. The Morgan fingerprint density at radius 1 is 1.04 bits per heavy atom. The van der Waals surface area contributed by atoms with Gasteiger partial charge in [-0.15, -0.1) is 0 Å². The first kappa shape index (κ1) is 17.2. The summed E-state index contributed by atoms with van der Waals surface area (Å²) in [5.41, 5.74) is -3.09. The highest BCUT2D eigenvalue weighted by Gasteiger charge is 2.31. The van der Waals surface area contributed by atoms with E-state index in [1.165, 1.54) is 12.1 Å². The Hall–Kier alpha value is -2.19. The Morgan fingerprint density at radius 3 is 2.58 bits per heavy atom. The molecule has 1 fully saturated rings. The highest BCUT2D eigenvalue weighted by Crippen LogP contribution is 2.42. The summed E-state index contributed by atoms with van der Waals surface area (Å²) in [6.45, 7) is 3.07. The molecule has 0 aromatic heterocycles. The topological polar surface area (TPSA) is 36.9 Å². The van der Waals surface area contributed by atoms with Gasteiger partial charge in [0.25, 0.3) is 0 Å². The molecule has 4 rings (SSSR count). The molecule has 0 atom stereocenters. The molecule has 4 nitrogen and oxygen atoms in total. The predicted molar refractivity (Wildman–Crippen MR) is 95.5 cm³/mol. The summed E-state index contributed by atoms with van der Waals surface area (Å²) in [5.74, 6) is 1.75. The Labute approximate surface area is 153 Å². The standard InChI is InChI=1S/C18H16F3N3OS/c19-18(20,21)26-12-5-6-15-13(11-12)17(24-9-7-22-8-10-24)23-14-3-1-2-4-16(14)25-15/h1-6,11,22H,7-10H2. The number of ether oxygens (including phenoxy) is 1. The molecule has 2 aliphatic rings. The van der Waals surface area contributed by atoms with Gasteiger partial charge in [-0.2, -0.15) is 13.2 Å². The van der Waals surface area contributed by atoms with Gasteiger partial charge in [-0.05, 0) is 42.1 Å². The average Bonchev–Trinajstić information content (AvgIpc) is 2.77. The minimum atomic E-state index is -4.34. The molecular weight excluding hydrogens is 363 g/mol. The number of thioether (sulfide) groups is 1. The summed E-state index contributed by atoms with van der Waals surface area (Å²) in [6.07, 6.45) is 0. The molecule has 0 unspecified atom stereocenters. The molecular formula is C18H16F3N3OS. The highest BCUT2D eigenvalue weighted by atomic mass is 32.2. The lowest BCUT2D eigenvalue weighted by molar-refractivity contribution is -0.0328. The van der Waals surface area contributed by atoms with Gasteiger partial charge in [-0.25, -0.2) is 4.99 Å². The quantitative estimate of drug-likeness (QED) is 0.746. The Bertz CT molecular complexity index is 848. The van der Waals surface area contributed by atoms with Crippen molar-refractivity contribution in [2.45, 2.75) is 10.4 Å². The molecule has 0 spiro atoms. The number of aliphatic imine (C=N–C) groups is 1. The number of benzene rings is 2. The van der Waals surface area contributed by atoms with E-state index in [2.05, 4.69) is 10.2 Å². The number of para-hydroxylation sites is 2. The molecule has 8 heteroatoms. The van der Waals surface area contributed by atoms with Gasteiger partial charge in [0.1, 0.15) is 17.3 Å². The van der Waals surface area contributed by atoms with Gasteiger partial charge in [-0.3, -0.25) is 0 Å².